The van der Waals surface area contributed by atoms with Crippen LogP contribution in [0.1, 0.15) is 98.8 Å². The van der Waals surface area contributed by atoms with Crippen LogP contribution in [0.15, 0.2) is 11.6 Å². The first-order valence-corrected chi connectivity index (χ1v) is 12.7. The van der Waals surface area contributed by atoms with Gasteiger partial charge in [0.1, 0.15) is 0 Å². The minimum absolute atomic E-state index is 0.103. The second kappa shape index (κ2) is 7.97. The fourth-order valence-electron chi connectivity index (χ4n) is 8.85. The van der Waals surface area contributed by atoms with Crippen LogP contribution in [0.25, 0.3) is 0 Å². The van der Waals surface area contributed by atoms with Gasteiger partial charge in [0, 0.05) is 0 Å². The van der Waals surface area contributed by atoms with Gasteiger partial charge in [-0.3, -0.25) is 0 Å². The van der Waals surface area contributed by atoms with Crippen molar-refractivity contribution in [3.8, 4) is 0 Å². The Hall–Kier alpha value is -0.340. The molecule has 9 atom stereocenters. The Labute approximate surface area is 179 Å². The van der Waals surface area contributed by atoms with E-state index in [4.69, 9.17) is 0 Å². The molecule has 0 bridgehead atoms. The Balaban J connectivity index is 1.50. The molecule has 2 heteroatoms. The summed E-state index contributed by atoms with van der Waals surface area (Å²) in [6.07, 6.45) is 14.1. The van der Waals surface area contributed by atoms with E-state index < -0.39 is 0 Å². The summed E-state index contributed by atoms with van der Waals surface area (Å²) in [6, 6.07) is 0. The number of allylic oxidation sites excluding steroid dienone is 1. The lowest BCUT2D eigenvalue weighted by molar-refractivity contribution is -0.0597. The number of aliphatic hydroxyl groups excluding tert-OH is 2. The lowest BCUT2D eigenvalue weighted by Gasteiger charge is -2.58. The molecule has 0 radical (unpaired) electrons. The van der Waals surface area contributed by atoms with E-state index in [-0.39, 0.29) is 12.2 Å². The van der Waals surface area contributed by atoms with Crippen LogP contribution >= 0.6 is 0 Å². The van der Waals surface area contributed by atoms with Crippen LogP contribution in [-0.4, -0.2) is 22.4 Å². The van der Waals surface area contributed by atoms with Gasteiger partial charge in [-0.05, 0) is 111 Å². The van der Waals surface area contributed by atoms with Crippen LogP contribution in [0.3, 0.4) is 0 Å². The number of fused-ring (bicyclic) bond motifs is 5. The van der Waals surface area contributed by atoms with Crippen molar-refractivity contribution in [1.82, 2.24) is 0 Å². The van der Waals surface area contributed by atoms with Gasteiger partial charge >= 0.3 is 0 Å². The predicted molar refractivity (Wildman–Crippen MR) is 120 cm³/mol. The van der Waals surface area contributed by atoms with Gasteiger partial charge in [0.2, 0.25) is 0 Å². The largest absolute Gasteiger partial charge is 0.393 e. The fraction of sp³-hybridized carbons (Fsp3) is 0.926. The first kappa shape index (κ1) is 21.9. The zero-order valence-corrected chi connectivity index (χ0v) is 19.7. The first-order valence-electron chi connectivity index (χ1n) is 12.7. The Morgan fingerprint density at radius 3 is 2.48 bits per heavy atom. The van der Waals surface area contributed by atoms with Crippen molar-refractivity contribution in [3.05, 3.63) is 11.6 Å². The van der Waals surface area contributed by atoms with Crippen molar-refractivity contribution in [3.63, 3.8) is 0 Å². The molecule has 166 valence electrons. The van der Waals surface area contributed by atoms with Crippen molar-refractivity contribution in [2.75, 3.05) is 0 Å². The van der Waals surface area contributed by atoms with Crippen molar-refractivity contribution in [1.29, 1.82) is 0 Å². The van der Waals surface area contributed by atoms with E-state index in [9.17, 15) is 10.2 Å². The maximum absolute atomic E-state index is 10.6. The lowest BCUT2D eigenvalue weighted by Crippen LogP contribution is -2.50. The van der Waals surface area contributed by atoms with Crippen LogP contribution in [0.4, 0.5) is 0 Å². The van der Waals surface area contributed by atoms with Crippen LogP contribution in [0.2, 0.25) is 0 Å². The third kappa shape index (κ3) is 3.75. The van der Waals surface area contributed by atoms with Crippen molar-refractivity contribution in [2.24, 2.45) is 46.3 Å². The zero-order valence-electron chi connectivity index (χ0n) is 19.7. The Morgan fingerprint density at radius 2 is 1.76 bits per heavy atom. The van der Waals surface area contributed by atoms with Crippen LogP contribution in [-0.2, 0) is 0 Å². The predicted octanol–water partition coefficient (Wildman–Crippen LogP) is 6.36. The van der Waals surface area contributed by atoms with Crippen molar-refractivity contribution < 1.29 is 10.2 Å². The summed E-state index contributed by atoms with van der Waals surface area (Å²) in [6.45, 7) is 12.0. The van der Waals surface area contributed by atoms with Crippen LogP contribution in [0.5, 0.6) is 0 Å². The molecule has 0 aliphatic heterocycles. The first-order chi connectivity index (χ1) is 13.6. The van der Waals surface area contributed by atoms with Gasteiger partial charge in [-0.15, -0.1) is 0 Å². The smallest absolute Gasteiger partial charge is 0.0577 e. The minimum Gasteiger partial charge on any atom is -0.393 e. The summed E-state index contributed by atoms with van der Waals surface area (Å²) in [5.41, 5.74) is 2.40. The highest BCUT2D eigenvalue weighted by atomic mass is 16.3. The summed E-state index contributed by atoms with van der Waals surface area (Å²) >= 11 is 0. The highest BCUT2D eigenvalue weighted by Crippen LogP contribution is 2.67. The molecule has 29 heavy (non-hydrogen) atoms. The fourth-order valence-corrected chi connectivity index (χ4v) is 8.85. The third-order valence-corrected chi connectivity index (χ3v) is 10.2. The van der Waals surface area contributed by atoms with Gasteiger partial charge in [-0.1, -0.05) is 46.3 Å². The molecule has 0 saturated heterocycles. The Bertz CT molecular complexity index is 624. The quantitative estimate of drug-likeness (QED) is 0.525. The molecule has 3 unspecified atom stereocenters. The maximum atomic E-state index is 10.6. The molecule has 4 aliphatic carbocycles. The molecule has 0 spiro atoms. The van der Waals surface area contributed by atoms with Crippen LogP contribution < -0.4 is 0 Å². The van der Waals surface area contributed by atoms with E-state index in [2.05, 4.69) is 40.7 Å². The summed E-state index contributed by atoms with van der Waals surface area (Å²) in [7, 11) is 0. The number of hydrogen-bond acceptors (Lipinski definition) is 2. The molecule has 4 aliphatic rings. The molecule has 4 rings (SSSR count). The van der Waals surface area contributed by atoms with E-state index in [1.165, 1.54) is 38.5 Å². The van der Waals surface area contributed by atoms with Crippen molar-refractivity contribution >= 4 is 0 Å². The zero-order chi connectivity index (χ0) is 21.0. The van der Waals surface area contributed by atoms with E-state index in [0.29, 0.717) is 22.7 Å². The SMILES string of the molecule is CC(C)C[C@@H](O)C[C@@H](C)[C@H]1CCC2C3CC=C4C[C@@H](O)CC[C@]4(C)C3CC[C@@]21C. The third-order valence-electron chi connectivity index (χ3n) is 10.2. The van der Waals surface area contributed by atoms with E-state index in [0.717, 1.165) is 49.4 Å². The Morgan fingerprint density at radius 1 is 1.00 bits per heavy atom. The van der Waals surface area contributed by atoms with Gasteiger partial charge in [-0.2, -0.15) is 0 Å². The molecule has 0 aromatic heterocycles. The highest BCUT2D eigenvalue weighted by molar-refractivity contribution is 5.25. The van der Waals surface area contributed by atoms with Gasteiger partial charge in [0.25, 0.3) is 0 Å². The Kier molecular flexibility index (Phi) is 6.01. The molecule has 0 amide bonds. The molecule has 0 aromatic rings. The number of aliphatic hydroxyl groups is 2. The van der Waals surface area contributed by atoms with E-state index >= 15 is 0 Å². The monoisotopic (exact) mass is 402 g/mol. The standard InChI is InChI=1S/C27H46O2/c1-17(2)14-21(29)15-18(3)23-8-9-24-22-7-6-19-16-20(28)10-12-26(19,4)25(22)11-13-27(23,24)5/h6,17-18,20-25,28-29H,7-16H2,1-5H3/t18-,20+,21-,22?,23-,24?,25?,26+,27-/m1/s1. The molecule has 3 saturated carbocycles. The summed E-state index contributed by atoms with van der Waals surface area (Å²) in [5.74, 6) is 4.52. The van der Waals surface area contributed by atoms with E-state index in [1.807, 2.05) is 0 Å². The minimum atomic E-state index is -0.128. The second-order valence-electron chi connectivity index (χ2n) is 12.4. The molecule has 3 fully saturated rings. The average Bonchev–Trinajstić information content (AvgIpc) is 2.99. The summed E-state index contributed by atoms with van der Waals surface area (Å²) in [5, 5.41) is 20.8. The van der Waals surface area contributed by atoms with E-state index in [1.54, 1.807) is 5.57 Å². The maximum Gasteiger partial charge on any atom is 0.0577 e. The van der Waals surface area contributed by atoms with Gasteiger partial charge in [0.05, 0.1) is 12.2 Å². The van der Waals surface area contributed by atoms with Gasteiger partial charge in [-0.25, -0.2) is 0 Å². The molecule has 2 N–H and O–H groups in total. The molecule has 0 heterocycles. The summed E-state index contributed by atoms with van der Waals surface area (Å²) < 4.78 is 0. The van der Waals surface area contributed by atoms with Crippen LogP contribution in [0, 0.1) is 46.3 Å². The lowest BCUT2D eigenvalue weighted by atomic mass is 9.47. The highest BCUT2D eigenvalue weighted by Gasteiger charge is 2.59. The molecule has 0 aromatic carbocycles. The second-order valence-corrected chi connectivity index (χ2v) is 12.4. The summed E-state index contributed by atoms with van der Waals surface area (Å²) in [4.78, 5) is 0. The number of rotatable bonds is 5. The average molecular weight is 403 g/mol. The molecule has 2 nitrogen and oxygen atoms in total. The van der Waals surface area contributed by atoms with Gasteiger partial charge < -0.3 is 10.2 Å². The molecular weight excluding hydrogens is 356 g/mol. The number of hydrogen-bond donors (Lipinski definition) is 2. The molecular formula is C27H46O2. The normalized spacial score (nSPS) is 46.5. The topological polar surface area (TPSA) is 40.5 Å². The van der Waals surface area contributed by atoms with Crippen molar-refractivity contribution in [2.45, 2.75) is 111 Å². The van der Waals surface area contributed by atoms with Gasteiger partial charge in [0.15, 0.2) is 0 Å².